The molecule has 0 saturated heterocycles. The molecule has 0 spiro atoms. The first-order valence-electron chi connectivity index (χ1n) is 10.5. The SMILES string of the molecule is NC(=O)c1ccc(NC(=O)CCN2C(=O)c3ccccc3N3C(=O)c4ccccc4[C@@H]23)cc1. The van der Waals surface area contributed by atoms with E-state index in [1.807, 2.05) is 12.1 Å². The predicted molar refractivity (Wildman–Crippen MR) is 122 cm³/mol. The summed E-state index contributed by atoms with van der Waals surface area (Å²) < 4.78 is 0. The summed E-state index contributed by atoms with van der Waals surface area (Å²) in [6.45, 7) is 0.126. The number of benzene rings is 3. The van der Waals surface area contributed by atoms with E-state index in [0.29, 0.717) is 28.1 Å². The van der Waals surface area contributed by atoms with Crippen molar-refractivity contribution in [2.45, 2.75) is 12.6 Å². The summed E-state index contributed by atoms with van der Waals surface area (Å²) >= 11 is 0. The Bertz CT molecular complexity index is 1300. The normalized spacial score (nSPS) is 16.2. The fourth-order valence-corrected chi connectivity index (χ4v) is 4.36. The summed E-state index contributed by atoms with van der Waals surface area (Å²) in [5.41, 5.74) is 8.39. The van der Waals surface area contributed by atoms with Crippen molar-refractivity contribution >= 4 is 35.0 Å². The molecule has 4 amide bonds. The molecular formula is C25H20N4O4. The van der Waals surface area contributed by atoms with Crippen LogP contribution in [0.5, 0.6) is 0 Å². The Balaban J connectivity index is 1.39. The third kappa shape index (κ3) is 3.41. The first-order chi connectivity index (χ1) is 16.0. The first kappa shape index (κ1) is 20.4. The molecule has 5 rings (SSSR count). The van der Waals surface area contributed by atoms with Gasteiger partial charge in [-0.15, -0.1) is 0 Å². The van der Waals surface area contributed by atoms with Gasteiger partial charge in [-0.25, -0.2) is 0 Å². The van der Waals surface area contributed by atoms with Crippen molar-refractivity contribution in [3.63, 3.8) is 0 Å². The predicted octanol–water partition coefficient (Wildman–Crippen LogP) is 2.93. The van der Waals surface area contributed by atoms with E-state index in [0.717, 1.165) is 5.56 Å². The number of carbonyl (C=O) groups is 4. The number of para-hydroxylation sites is 1. The average molecular weight is 440 g/mol. The van der Waals surface area contributed by atoms with Gasteiger partial charge in [-0.1, -0.05) is 30.3 Å². The van der Waals surface area contributed by atoms with Gasteiger partial charge in [0.05, 0.1) is 11.3 Å². The zero-order valence-corrected chi connectivity index (χ0v) is 17.5. The third-order valence-electron chi connectivity index (χ3n) is 5.92. The Hall–Kier alpha value is -4.46. The fourth-order valence-electron chi connectivity index (χ4n) is 4.36. The van der Waals surface area contributed by atoms with Gasteiger partial charge in [0.25, 0.3) is 11.8 Å². The second kappa shape index (κ2) is 7.90. The van der Waals surface area contributed by atoms with Gasteiger partial charge in [0.2, 0.25) is 11.8 Å². The number of amides is 4. The standard InChI is InChI=1S/C25H20N4O4/c26-22(31)15-9-11-16(12-10-15)27-21(30)13-14-28-23-17-5-1-2-6-18(17)25(33)29(23)20-8-4-3-7-19(20)24(28)32/h1-12,23H,13-14H2,(H2,26,31)(H,27,30)/t23-/m0/s1. The van der Waals surface area contributed by atoms with Crippen molar-refractivity contribution in [2.24, 2.45) is 5.73 Å². The van der Waals surface area contributed by atoms with Crippen LogP contribution in [0, 0.1) is 0 Å². The molecule has 0 fully saturated rings. The highest BCUT2D eigenvalue weighted by Gasteiger charge is 2.47. The molecule has 0 saturated carbocycles. The topological polar surface area (TPSA) is 113 Å². The summed E-state index contributed by atoms with van der Waals surface area (Å²) in [6, 6.07) is 20.5. The first-order valence-corrected chi connectivity index (χ1v) is 10.5. The maximum absolute atomic E-state index is 13.4. The van der Waals surface area contributed by atoms with Crippen LogP contribution in [0.4, 0.5) is 11.4 Å². The number of carbonyl (C=O) groups excluding carboxylic acids is 4. The minimum atomic E-state index is -0.598. The summed E-state index contributed by atoms with van der Waals surface area (Å²) in [5.74, 6) is -1.24. The number of primary amides is 1. The molecule has 3 N–H and O–H groups in total. The minimum Gasteiger partial charge on any atom is -0.366 e. The number of rotatable bonds is 5. The fraction of sp³-hybridized carbons (Fsp3) is 0.120. The maximum Gasteiger partial charge on any atom is 0.260 e. The number of nitrogens with one attached hydrogen (secondary N) is 1. The van der Waals surface area contributed by atoms with E-state index in [1.165, 1.54) is 12.1 Å². The van der Waals surface area contributed by atoms with E-state index in [1.54, 1.807) is 58.3 Å². The van der Waals surface area contributed by atoms with Crippen molar-refractivity contribution in [1.29, 1.82) is 0 Å². The van der Waals surface area contributed by atoms with E-state index in [2.05, 4.69) is 5.32 Å². The number of anilines is 2. The largest absolute Gasteiger partial charge is 0.366 e. The molecule has 2 aliphatic rings. The van der Waals surface area contributed by atoms with Crippen LogP contribution in [0.3, 0.4) is 0 Å². The molecule has 1 atom stereocenters. The summed E-state index contributed by atoms with van der Waals surface area (Å²) in [5, 5.41) is 2.76. The van der Waals surface area contributed by atoms with Gasteiger partial charge < -0.3 is 16.0 Å². The van der Waals surface area contributed by atoms with E-state index < -0.39 is 12.1 Å². The highest BCUT2D eigenvalue weighted by molar-refractivity contribution is 6.16. The Kier molecular flexibility index (Phi) is 4.90. The van der Waals surface area contributed by atoms with Crippen molar-refractivity contribution in [3.8, 4) is 0 Å². The number of nitrogens with zero attached hydrogens (tertiary/aromatic N) is 2. The Morgan fingerprint density at radius 1 is 0.848 bits per heavy atom. The number of fused-ring (bicyclic) bond motifs is 5. The molecule has 0 unspecified atom stereocenters. The lowest BCUT2D eigenvalue weighted by molar-refractivity contribution is -0.116. The molecule has 3 aromatic carbocycles. The van der Waals surface area contributed by atoms with Gasteiger partial charge in [-0.3, -0.25) is 24.1 Å². The van der Waals surface area contributed by atoms with Crippen LogP contribution in [0.1, 0.15) is 49.2 Å². The Morgan fingerprint density at radius 3 is 2.24 bits per heavy atom. The molecule has 8 nitrogen and oxygen atoms in total. The van der Waals surface area contributed by atoms with Crippen LogP contribution >= 0.6 is 0 Å². The Labute approximate surface area is 189 Å². The molecule has 0 aliphatic carbocycles. The highest BCUT2D eigenvalue weighted by atomic mass is 16.2. The van der Waals surface area contributed by atoms with E-state index >= 15 is 0 Å². The molecular weight excluding hydrogens is 420 g/mol. The monoisotopic (exact) mass is 440 g/mol. The van der Waals surface area contributed by atoms with Crippen molar-refractivity contribution in [1.82, 2.24) is 4.90 Å². The molecule has 164 valence electrons. The summed E-state index contributed by atoms with van der Waals surface area (Å²) in [6.07, 6.45) is -0.564. The van der Waals surface area contributed by atoms with Gasteiger partial charge in [0.1, 0.15) is 6.17 Å². The van der Waals surface area contributed by atoms with E-state index in [-0.39, 0.29) is 30.7 Å². The lowest BCUT2D eigenvalue weighted by Gasteiger charge is -2.40. The van der Waals surface area contributed by atoms with E-state index in [9.17, 15) is 19.2 Å². The summed E-state index contributed by atoms with van der Waals surface area (Å²) in [4.78, 5) is 53.5. The molecule has 0 aromatic heterocycles. The van der Waals surface area contributed by atoms with Gasteiger partial charge in [0, 0.05) is 35.3 Å². The molecule has 33 heavy (non-hydrogen) atoms. The van der Waals surface area contributed by atoms with Gasteiger partial charge >= 0.3 is 0 Å². The van der Waals surface area contributed by atoms with Crippen LogP contribution in [0.25, 0.3) is 0 Å². The van der Waals surface area contributed by atoms with Crippen molar-refractivity contribution in [2.75, 3.05) is 16.8 Å². The Morgan fingerprint density at radius 2 is 1.52 bits per heavy atom. The molecule has 2 heterocycles. The smallest absolute Gasteiger partial charge is 0.260 e. The number of hydrogen-bond donors (Lipinski definition) is 2. The van der Waals surface area contributed by atoms with Crippen molar-refractivity contribution < 1.29 is 19.2 Å². The minimum absolute atomic E-state index is 0.0339. The number of hydrogen-bond acceptors (Lipinski definition) is 4. The van der Waals surface area contributed by atoms with Gasteiger partial charge in [-0.05, 0) is 42.5 Å². The maximum atomic E-state index is 13.4. The second-order valence-electron chi connectivity index (χ2n) is 7.89. The quantitative estimate of drug-likeness (QED) is 0.635. The van der Waals surface area contributed by atoms with Gasteiger partial charge in [0.15, 0.2) is 0 Å². The third-order valence-corrected chi connectivity index (χ3v) is 5.92. The number of nitrogens with two attached hydrogens (primary N) is 1. The highest BCUT2D eigenvalue weighted by Crippen LogP contribution is 2.45. The lowest BCUT2D eigenvalue weighted by atomic mass is 10.0. The molecule has 3 aromatic rings. The van der Waals surface area contributed by atoms with Gasteiger partial charge in [-0.2, -0.15) is 0 Å². The van der Waals surface area contributed by atoms with Crippen LogP contribution in [0.15, 0.2) is 72.8 Å². The van der Waals surface area contributed by atoms with Crippen LogP contribution in [-0.4, -0.2) is 35.1 Å². The van der Waals surface area contributed by atoms with Crippen molar-refractivity contribution in [3.05, 3.63) is 95.1 Å². The average Bonchev–Trinajstić information content (AvgIpc) is 3.12. The zero-order chi connectivity index (χ0) is 23.1. The van der Waals surface area contributed by atoms with E-state index in [4.69, 9.17) is 5.73 Å². The lowest BCUT2D eigenvalue weighted by Crippen LogP contribution is -2.48. The second-order valence-corrected chi connectivity index (χ2v) is 7.89. The molecule has 2 aliphatic heterocycles. The summed E-state index contributed by atoms with van der Waals surface area (Å²) in [7, 11) is 0. The molecule has 0 radical (unpaired) electrons. The zero-order valence-electron chi connectivity index (χ0n) is 17.5. The van der Waals surface area contributed by atoms with Crippen LogP contribution in [-0.2, 0) is 4.79 Å². The van der Waals surface area contributed by atoms with Crippen LogP contribution < -0.4 is 16.0 Å². The molecule has 8 heteroatoms. The molecule has 0 bridgehead atoms. The van der Waals surface area contributed by atoms with Crippen LogP contribution in [0.2, 0.25) is 0 Å².